The van der Waals surface area contributed by atoms with Crippen molar-refractivity contribution in [2.75, 3.05) is 11.9 Å². The van der Waals surface area contributed by atoms with E-state index in [-0.39, 0.29) is 23.1 Å². The van der Waals surface area contributed by atoms with E-state index in [0.29, 0.717) is 12.3 Å². The largest absolute Gasteiger partial charge is 0.508 e. The molecule has 30 heavy (non-hydrogen) atoms. The number of amides is 1. The van der Waals surface area contributed by atoms with Gasteiger partial charge in [0.05, 0.1) is 0 Å². The van der Waals surface area contributed by atoms with Gasteiger partial charge in [-0.1, -0.05) is 45.0 Å². The monoisotopic (exact) mass is 408 g/mol. The molecule has 0 bridgehead atoms. The predicted octanol–water partition coefficient (Wildman–Crippen LogP) is 5.50. The third-order valence-electron chi connectivity index (χ3n) is 6.08. The van der Waals surface area contributed by atoms with E-state index in [0.717, 1.165) is 42.6 Å². The molecule has 0 aliphatic carbocycles. The Kier molecular flexibility index (Phi) is 6.87. The Bertz CT molecular complexity index is 885. The average Bonchev–Trinajstić information content (AvgIpc) is 2.86. The van der Waals surface area contributed by atoms with E-state index in [1.54, 1.807) is 6.07 Å². The van der Waals surface area contributed by atoms with Crippen molar-refractivity contribution in [3.63, 3.8) is 0 Å². The second-order valence-corrected chi connectivity index (χ2v) is 9.70. The number of phenols is 1. The summed E-state index contributed by atoms with van der Waals surface area (Å²) in [6.07, 6.45) is 3.19. The Morgan fingerprint density at radius 1 is 1.10 bits per heavy atom. The van der Waals surface area contributed by atoms with Gasteiger partial charge in [0.15, 0.2) is 0 Å². The van der Waals surface area contributed by atoms with Crippen LogP contribution in [0.4, 0.5) is 5.69 Å². The molecule has 1 unspecified atom stereocenters. The summed E-state index contributed by atoms with van der Waals surface area (Å²) in [6.45, 7) is 11.9. The first kappa shape index (κ1) is 22.4. The first-order chi connectivity index (χ1) is 14.1. The van der Waals surface area contributed by atoms with Gasteiger partial charge in [-0.05, 0) is 73.3 Å². The van der Waals surface area contributed by atoms with Crippen LogP contribution >= 0.6 is 0 Å². The number of carbonyl (C=O) groups is 1. The summed E-state index contributed by atoms with van der Waals surface area (Å²) in [5, 5.41) is 16.9. The van der Waals surface area contributed by atoms with E-state index in [1.807, 2.05) is 6.07 Å². The summed E-state index contributed by atoms with van der Waals surface area (Å²) < 4.78 is 0. The zero-order chi connectivity index (χ0) is 21.9. The molecule has 0 radical (unpaired) electrons. The molecule has 0 spiro atoms. The number of fused-ring (bicyclic) bond motifs is 1. The summed E-state index contributed by atoms with van der Waals surface area (Å²) in [7, 11) is 0. The van der Waals surface area contributed by atoms with Gasteiger partial charge < -0.3 is 15.7 Å². The summed E-state index contributed by atoms with van der Waals surface area (Å²) in [5.74, 6) is 1.01. The van der Waals surface area contributed by atoms with Crippen molar-refractivity contribution < 1.29 is 9.90 Å². The molecule has 3 N–H and O–H groups in total. The lowest BCUT2D eigenvalue weighted by Crippen LogP contribution is -2.43. The Morgan fingerprint density at radius 2 is 1.80 bits per heavy atom. The maximum absolute atomic E-state index is 11.9. The molecular formula is C26H36N2O2. The number of benzene rings is 2. The standard InChI is InChI=1S/C26H36N2O2/c1-17(2)20-11-9-19(10-12-20)15-26(4,5)27-16-18(3)23-13-21(29)14-24-22(23)7-6-8-25(30)28-24/h9-14,17-18,27,29H,6-8,15-16H2,1-5H3,(H,28,30). The quantitative estimate of drug-likeness (QED) is 0.566. The second-order valence-electron chi connectivity index (χ2n) is 9.70. The van der Waals surface area contributed by atoms with Gasteiger partial charge >= 0.3 is 0 Å². The summed E-state index contributed by atoms with van der Waals surface area (Å²) in [5.41, 5.74) is 5.71. The fourth-order valence-electron chi connectivity index (χ4n) is 4.28. The van der Waals surface area contributed by atoms with Crippen molar-refractivity contribution in [1.29, 1.82) is 0 Å². The minimum Gasteiger partial charge on any atom is -0.508 e. The van der Waals surface area contributed by atoms with Gasteiger partial charge in [0.25, 0.3) is 0 Å². The Hall–Kier alpha value is -2.33. The molecule has 0 saturated heterocycles. The van der Waals surface area contributed by atoms with Crippen molar-refractivity contribution >= 4 is 11.6 Å². The second kappa shape index (κ2) is 9.22. The number of carbonyl (C=O) groups excluding carboxylic acids is 1. The number of nitrogens with one attached hydrogen (secondary N) is 2. The van der Waals surface area contributed by atoms with Crippen molar-refractivity contribution in [3.8, 4) is 5.75 Å². The summed E-state index contributed by atoms with van der Waals surface area (Å²) in [6, 6.07) is 12.5. The molecule has 1 atom stereocenters. The third kappa shape index (κ3) is 5.63. The molecule has 4 heteroatoms. The van der Waals surface area contributed by atoms with E-state index < -0.39 is 0 Å². The topological polar surface area (TPSA) is 61.4 Å². The lowest BCUT2D eigenvalue weighted by atomic mass is 9.89. The maximum atomic E-state index is 11.9. The van der Waals surface area contributed by atoms with Gasteiger partial charge in [0.2, 0.25) is 5.91 Å². The molecule has 2 aromatic carbocycles. The predicted molar refractivity (Wildman–Crippen MR) is 124 cm³/mol. The average molecular weight is 409 g/mol. The highest BCUT2D eigenvalue weighted by Gasteiger charge is 2.23. The highest BCUT2D eigenvalue weighted by molar-refractivity contribution is 5.92. The zero-order valence-electron chi connectivity index (χ0n) is 19.0. The lowest BCUT2D eigenvalue weighted by Gasteiger charge is -2.29. The molecule has 1 amide bonds. The minimum absolute atomic E-state index is 0.0284. The van der Waals surface area contributed by atoms with Gasteiger partial charge in [-0.15, -0.1) is 0 Å². The van der Waals surface area contributed by atoms with E-state index in [1.165, 1.54) is 11.1 Å². The van der Waals surface area contributed by atoms with Crippen LogP contribution in [0, 0.1) is 0 Å². The summed E-state index contributed by atoms with van der Waals surface area (Å²) >= 11 is 0. The van der Waals surface area contributed by atoms with Gasteiger partial charge in [0, 0.05) is 30.3 Å². The van der Waals surface area contributed by atoms with Crippen molar-refractivity contribution in [2.45, 2.75) is 77.7 Å². The first-order valence-corrected chi connectivity index (χ1v) is 11.1. The lowest BCUT2D eigenvalue weighted by molar-refractivity contribution is -0.116. The molecule has 3 rings (SSSR count). The van der Waals surface area contributed by atoms with E-state index in [2.05, 4.69) is 69.5 Å². The van der Waals surface area contributed by atoms with Crippen LogP contribution in [0.1, 0.15) is 81.5 Å². The first-order valence-electron chi connectivity index (χ1n) is 11.1. The SMILES string of the molecule is CC(C)c1ccc(CC(C)(C)NCC(C)c2cc(O)cc3c2CCCC(=O)N3)cc1. The van der Waals surface area contributed by atoms with Crippen LogP contribution in [0.3, 0.4) is 0 Å². The van der Waals surface area contributed by atoms with Gasteiger partial charge in [-0.25, -0.2) is 0 Å². The van der Waals surface area contributed by atoms with Crippen LogP contribution in [-0.4, -0.2) is 23.1 Å². The number of rotatable bonds is 7. The molecule has 1 aliphatic rings. The van der Waals surface area contributed by atoms with E-state index in [4.69, 9.17) is 0 Å². The number of hydrogen-bond acceptors (Lipinski definition) is 3. The molecular weight excluding hydrogens is 372 g/mol. The van der Waals surface area contributed by atoms with E-state index >= 15 is 0 Å². The number of hydrogen-bond donors (Lipinski definition) is 3. The van der Waals surface area contributed by atoms with Gasteiger partial charge in [0.1, 0.15) is 5.75 Å². The number of anilines is 1. The van der Waals surface area contributed by atoms with Crippen LogP contribution in [-0.2, 0) is 17.6 Å². The van der Waals surface area contributed by atoms with Crippen LogP contribution in [0.15, 0.2) is 36.4 Å². The highest BCUT2D eigenvalue weighted by atomic mass is 16.3. The van der Waals surface area contributed by atoms with Crippen molar-refractivity contribution in [1.82, 2.24) is 5.32 Å². The van der Waals surface area contributed by atoms with Crippen LogP contribution in [0.5, 0.6) is 5.75 Å². The zero-order valence-corrected chi connectivity index (χ0v) is 19.0. The maximum Gasteiger partial charge on any atom is 0.224 e. The Labute approximate surface area is 181 Å². The molecule has 0 fully saturated rings. The van der Waals surface area contributed by atoms with Crippen molar-refractivity contribution in [2.24, 2.45) is 0 Å². The smallest absolute Gasteiger partial charge is 0.224 e. The fourth-order valence-corrected chi connectivity index (χ4v) is 4.28. The number of phenolic OH excluding ortho intramolecular Hbond substituents is 1. The Morgan fingerprint density at radius 3 is 2.47 bits per heavy atom. The van der Waals surface area contributed by atoms with Crippen molar-refractivity contribution in [3.05, 3.63) is 58.7 Å². The molecule has 1 aliphatic heterocycles. The van der Waals surface area contributed by atoms with Crippen LogP contribution < -0.4 is 10.6 Å². The molecule has 4 nitrogen and oxygen atoms in total. The number of aromatic hydroxyl groups is 1. The molecule has 2 aromatic rings. The van der Waals surface area contributed by atoms with Gasteiger partial charge in [-0.3, -0.25) is 4.79 Å². The molecule has 0 aromatic heterocycles. The minimum atomic E-state index is -0.0460. The summed E-state index contributed by atoms with van der Waals surface area (Å²) in [4.78, 5) is 11.9. The third-order valence-corrected chi connectivity index (χ3v) is 6.08. The fraction of sp³-hybridized carbons (Fsp3) is 0.500. The van der Waals surface area contributed by atoms with Crippen LogP contribution in [0.25, 0.3) is 0 Å². The highest BCUT2D eigenvalue weighted by Crippen LogP contribution is 2.34. The van der Waals surface area contributed by atoms with Crippen LogP contribution in [0.2, 0.25) is 0 Å². The van der Waals surface area contributed by atoms with E-state index in [9.17, 15) is 9.90 Å². The normalized spacial score (nSPS) is 15.5. The molecule has 1 heterocycles. The van der Waals surface area contributed by atoms with Gasteiger partial charge in [-0.2, -0.15) is 0 Å². The Balaban J connectivity index is 1.68. The molecule has 162 valence electrons. The molecule has 0 saturated carbocycles.